The van der Waals surface area contributed by atoms with E-state index >= 15 is 0 Å². The maximum atomic E-state index is 5.81. The normalized spacial score (nSPS) is 11.4. The molecule has 0 aliphatic carbocycles. The second kappa shape index (κ2) is 9.73. The highest BCUT2D eigenvalue weighted by Crippen LogP contribution is 2.06. The fourth-order valence-corrected chi connectivity index (χ4v) is 2.81. The van der Waals surface area contributed by atoms with E-state index in [0.717, 1.165) is 36.9 Å². The zero-order valence-electron chi connectivity index (χ0n) is 15.3. The van der Waals surface area contributed by atoms with Crippen LogP contribution in [0, 0.1) is 0 Å². The molecule has 0 saturated carbocycles. The molecule has 7 heteroatoms. The highest BCUT2D eigenvalue weighted by atomic mass is 35.5. The Morgan fingerprint density at radius 1 is 1.07 bits per heavy atom. The van der Waals surface area contributed by atoms with E-state index in [2.05, 4.69) is 42.3 Å². The Morgan fingerprint density at radius 3 is 2.67 bits per heavy atom. The summed E-state index contributed by atoms with van der Waals surface area (Å²) in [6, 6.07) is 14.1. The number of hydrogen-bond donors (Lipinski definition) is 2. The number of imidazole rings is 1. The number of halogens is 1. The molecule has 2 heterocycles. The molecule has 0 atom stereocenters. The van der Waals surface area contributed by atoms with Gasteiger partial charge in [0.1, 0.15) is 11.0 Å². The largest absolute Gasteiger partial charge is 0.356 e. The number of aliphatic imine (C=N–C) groups is 1. The number of nitrogens with one attached hydrogen (secondary N) is 2. The predicted octanol–water partition coefficient (Wildman–Crippen LogP) is 2.89. The van der Waals surface area contributed by atoms with Gasteiger partial charge in [0.15, 0.2) is 5.96 Å². The van der Waals surface area contributed by atoms with Crippen molar-refractivity contribution in [1.82, 2.24) is 25.2 Å². The lowest BCUT2D eigenvalue weighted by Gasteiger charge is -2.13. The molecule has 0 aliphatic heterocycles. The molecule has 0 fully saturated rings. The molecule has 0 spiro atoms. The first-order valence-electron chi connectivity index (χ1n) is 8.83. The molecule has 140 valence electrons. The van der Waals surface area contributed by atoms with Gasteiger partial charge in [-0.05, 0) is 23.6 Å². The van der Waals surface area contributed by atoms with Crippen LogP contribution in [-0.4, -0.2) is 34.1 Å². The molecule has 27 heavy (non-hydrogen) atoms. The lowest BCUT2D eigenvalue weighted by molar-refractivity contribution is 0.687. The highest BCUT2D eigenvalue weighted by Gasteiger charge is 2.05. The molecule has 2 N–H and O–H groups in total. The number of pyridine rings is 1. The maximum absolute atomic E-state index is 5.81. The molecular weight excluding hydrogens is 360 g/mol. The summed E-state index contributed by atoms with van der Waals surface area (Å²) in [4.78, 5) is 12.8. The van der Waals surface area contributed by atoms with Crippen molar-refractivity contribution in [2.24, 2.45) is 4.99 Å². The van der Waals surface area contributed by atoms with Crippen molar-refractivity contribution >= 4 is 17.6 Å². The Morgan fingerprint density at radius 2 is 1.93 bits per heavy atom. The number of hydrogen-bond acceptors (Lipinski definition) is 3. The first-order chi connectivity index (χ1) is 13.2. The van der Waals surface area contributed by atoms with Gasteiger partial charge in [-0.25, -0.2) is 9.97 Å². The van der Waals surface area contributed by atoms with Gasteiger partial charge in [-0.3, -0.25) is 4.99 Å². The van der Waals surface area contributed by atoms with Crippen LogP contribution in [0.3, 0.4) is 0 Å². The summed E-state index contributed by atoms with van der Waals surface area (Å²) in [5.41, 5.74) is 2.37. The monoisotopic (exact) mass is 382 g/mol. The van der Waals surface area contributed by atoms with E-state index in [1.807, 2.05) is 36.7 Å². The lowest BCUT2D eigenvalue weighted by atomic mass is 10.2. The maximum Gasteiger partial charge on any atom is 0.191 e. The third-order valence-electron chi connectivity index (χ3n) is 4.13. The van der Waals surface area contributed by atoms with Crippen molar-refractivity contribution in [2.45, 2.75) is 19.5 Å². The Balaban J connectivity index is 1.48. The van der Waals surface area contributed by atoms with Crippen LogP contribution in [0.4, 0.5) is 0 Å². The molecule has 0 radical (unpaired) electrons. The first kappa shape index (κ1) is 18.9. The standard InChI is InChI=1S/C20H23ClN6/c1-22-20(24-10-9-16-7-8-18(21)25-13-16)26-14-19-23-11-12-27(19)15-17-5-3-2-4-6-17/h2-8,11-13H,9-10,14-15H2,1H3,(H2,22,24,26). The van der Waals surface area contributed by atoms with Crippen LogP contribution < -0.4 is 10.6 Å². The van der Waals surface area contributed by atoms with E-state index in [4.69, 9.17) is 11.6 Å². The lowest BCUT2D eigenvalue weighted by Crippen LogP contribution is -2.38. The molecule has 0 amide bonds. The van der Waals surface area contributed by atoms with E-state index in [-0.39, 0.29) is 0 Å². The van der Waals surface area contributed by atoms with Crippen LogP contribution in [0.2, 0.25) is 5.15 Å². The number of rotatable bonds is 7. The van der Waals surface area contributed by atoms with Gasteiger partial charge in [0.2, 0.25) is 0 Å². The van der Waals surface area contributed by atoms with E-state index in [1.165, 1.54) is 5.56 Å². The minimum atomic E-state index is 0.509. The van der Waals surface area contributed by atoms with Crippen molar-refractivity contribution in [2.75, 3.05) is 13.6 Å². The summed E-state index contributed by atoms with van der Waals surface area (Å²) in [6.07, 6.45) is 6.45. The Labute approximate surface area is 164 Å². The number of aromatic nitrogens is 3. The molecule has 3 aromatic rings. The van der Waals surface area contributed by atoms with Gasteiger partial charge in [0.05, 0.1) is 6.54 Å². The molecule has 0 unspecified atom stereocenters. The number of nitrogens with zero attached hydrogens (tertiary/aromatic N) is 4. The summed E-state index contributed by atoms with van der Waals surface area (Å²) >= 11 is 5.81. The van der Waals surface area contributed by atoms with Crippen molar-refractivity contribution in [3.8, 4) is 0 Å². The molecule has 6 nitrogen and oxygen atoms in total. The predicted molar refractivity (Wildman–Crippen MR) is 109 cm³/mol. The molecule has 3 rings (SSSR count). The van der Waals surface area contributed by atoms with Crippen molar-refractivity contribution in [3.63, 3.8) is 0 Å². The second-order valence-electron chi connectivity index (χ2n) is 6.05. The van der Waals surface area contributed by atoms with E-state index in [0.29, 0.717) is 11.7 Å². The van der Waals surface area contributed by atoms with Crippen molar-refractivity contribution in [3.05, 3.63) is 83.2 Å². The molecule has 0 bridgehead atoms. The van der Waals surface area contributed by atoms with Crippen LogP contribution >= 0.6 is 11.6 Å². The number of benzene rings is 1. The first-order valence-corrected chi connectivity index (χ1v) is 9.21. The van der Waals surface area contributed by atoms with Crippen LogP contribution in [0.25, 0.3) is 0 Å². The fraction of sp³-hybridized carbons (Fsp3) is 0.250. The zero-order valence-corrected chi connectivity index (χ0v) is 16.0. The van der Waals surface area contributed by atoms with Gasteiger partial charge in [-0.2, -0.15) is 0 Å². The molecule has 2 aromatic heterocycles. The van der Waals surface area contributed by atoms with E-state index < -0.39 is 0 Å². The van der Waals surface area contributed by atoms with Crippen LogP contribution in [0.1, 0.15) is 17.0 Å². The van der Waals surface area contributed by atoms with E-state index in [9.17, 15) is 0 Å². The van der Waals surface area contributed by atoms with Gasteiger partial charge >= 0.3 is 0 Å². The van der Waals surface area contributed by atoms with Gasteiger partial charge < -0.3 is 15.2 Å². The van der Waals surface area contributed by atoms with Crippen molar-refractivity contribution < 1.29 is 0 Å². The number of guanidine groups is 1. The van der Waals surface area contributed by atoms with Crippen LogP contribution in [-0.2, 0) is 19.5 Å². The summed E-state index contributed by atoms with van der Waals surface area (Å²) < 4.78 is 2.13. The molecule has 1 aromatic carbocycles. The smallest absolute Gasteiger partial charge is 0.191 e. The van der Waals surface area contributed by atoms with Crippen molar-refractivity contribution in [1.29, 1.82) is 0 Å². The second-order valence-corrected chi connectivity index (χ2v) is 6.44. The average molecular weight is 383 g/mol. The Kier molecular flexibility index (Phi) is 6.82. The van der Waals surface area contributed by atoms with E-state index in [1.54, 1.807) is 19.3 Å². The third-order valence-corrected chi connectivity index (χ3v) is 4.35. The van der Waals surface area contributed by atoms with Crippen LogP contribution in [0.15, 0.2) is 66.0 Å². The van der Waals surface area contributed by atoms with Gasteiger partial charge in [0, 0.05) is 38.7 Å². The summed E-state index contributed by atoms with van der Waals surface area (Å²) in [7, 11) is 1.76. The molecule has 0 aliphatic rings. The zero-order chi connectivity index (χ0) is 18.9. The van der Waals surface area contributed by atoms with Gasteiger partial charge in [-0.1, -0.05) is 48.0 Å². The Bertz CT molecular complexity index is 858. The summed E-state index contributed by atoms with van der Waals surface area (Å²) in [6.45, 7) is 2.15. The average Bonchev–Trinajstić information content (AvgIpc) is 3.14. The minimum Gasteiger partial charge on any atom is -0.356 e. The van der Waals surface area contributed by atoms with Crippen LogP contribution in [0.5, 0.6) is 0 Å². The molecule has 0 saturated heterocycles. The minimum absolute atomic E-state index is 0.509. The topological polar surface area (TPSA) is 67.1 Å². The summed E-state index contributed by atoms with van der Waals surface area (Å²) in [5, 5.41) is 7.13. The summed E-state index contributed by atoms with van der Waals surface area (Å²) in [5.74, 6) is 1.70. The Hall–Kier alpha value is -2.86. The fourth-order valence-electron chi connectivity index (χ4n) is 2.69. The highest BCUT2D eigenvalue weighted by molar-refractivity contribution is 6.29. The SMILES string of the molecule is CN=C(NCCc1ccc(Cl)nc1)NCc1nccn1Cc1ccccc1. The molecular formula is C20H23ClN6. The quantitative estimate of drug-likeness (QED) is 0.374. The van der Waals surface area contributed by atoms with Gasteiger partial charge in [-0.15, -0.1) is 0 Å². The third kappa shape index (κ3) is 5.82. The van der Waals surface area contributed by atoms with Gasteiger partial charge in [0.25, 0.3) is 0 Å².